The van der Waals surface area contributed by atoms with Crippen LogP contribution in [0.5, 0.6) is 0 Å². The van der Waals surface area contributed by atoms with Crippen molar-refractivity contribution in [2.45, 2.75) is 50.6 Å². The van der Waals surface area contributed by atoms with Crippen molar-refractivity contribution in [1.29, 1.82) is 0 Å². The van der Waals surface area contributed by atoms with Crippen molar-refractivity contribution >= 4 is 0 Å². The third-order valence-electron chi connectivity index (χ3n) is 4.71. The molecule has 0 amide bonds. The molecule has 2 heterocycles. The summed E-state index contributed by atoms with van der Waals surface area (Å²) >= 11 is 0. The molecule has 0 aliphatic carbocycles. The molecule has 1 spiro atoms. The molecule has 2 aliphatic rings. The summed E-state index contributed by atoms with van der Waals surface area (Å²) in [5, 5.41) is 0. The first-order valence-electron chi connectivity index (χ1n) is 8.29. The monoisotopic (exact) mass is 306 g/mol. The first-order chi connectivity index (χ1) is 10.8. The predicted octanol–water partition coefficient (Wildman–Crippen LogP) is 3.30. The Morgan fingerprint density at radius 3 is 2.73 bits per heavy atom. The molecule has 0 bridgehead atoms. The van der Waals surface area contributed by atoms with Gasteiger partial charge in [0.2, 0.25) is 0 Å². The van der Waals surface area contributed by atoms with Crippen LogP contribution in [0.1, 0.15) is 38.2 Å². The molecule has 2 atom stereocenters. The van der Waals surface area contributed by atoms with Crippen molar-refractivity contribution in [2.75, 3.05) is 26.4 Å². The molecule has 4 heteroatoms. The fourth-order valence-corrected chi connectivity index (χ4v) is 3.26. The molecule has 0 N–H and O–H groups in total. The topological polar surface area (TPSA) is 36.9 Å². The molecule has 22 heavy (non-hydrogen) atoms. The van der Waals surface area contributed by atoms with Crippen LogP contribution in [0.15, 0.2) is 30.3 Å². The van der Waals surface area contributed by atoms with Crippen LogP contribution in [0.4, 0.5) is 0 Å². The molecular weight excluding hydrogens is 280 g/mol. The Kier molecular flexibility index (Phi) is 5.14. The third-order valence-corrected chi connectivity index (χ3v) is 4.71. The van der Waals surface area contributed by atoms with Crippen LogP contribution in [-0.4, -0.2) is 37.8 Å². The maximum Gasteiger partial charge on any atom is 0.171 e. The number of benzene rings is 1. The second-order valence-electron chi connectivity index (χ2n) is 6.24. The van der Waals surface area contributed by atoms with Crippen molar-refractivity contribution in [2.24, 2.45) is 0 Å². The molecule has 2 fully saturated rings. The maximum atomic E-state index is 6.42. The average Bonchev–Trinajstić information content (AvgIpc) is 2.75. The summed E-state index contributed by atoms with van der Waals surface area (Å²) in [6.07, 6.45) is 3.67. The quantitative estimate of drug-likeness (QED) is 0.836. The molecule has 0 radical (unpaired) electrons. The summed E-state index contributed by atoms with van der Waals surface area (Å²) in [6.45, 7) is 5.40. The van der Waals surface area contributed by atoms with Crippen LogP contribution in [0.2, 0.25) is 0 Å². The summed E-state index contributed by atoms with van der Waals surface area (Å²) in [6, 6.07) is 10.3. The van der Waals surface area contributed by atoms with E-state index in [-0.39, 0.29) is 5.60 Å². The molecule has 122 valence electrons. The minimum absolute atomic E-state index is 0.223. The smallest absolute Gasteiger partial charge is 0.171 e. The molecule has 3 rings (SSSR count). The van der Waals surface area contributed by atoms with E-state index in [1.165, 1.54) is 5.56 Å². The lowest BCUT2D eigenvalue weighted by molar-refractivity contribution is -0.258. The molecule has 1 aromatic carbocycles. The Balaban J connectivity index is 1.56. The highest BCUT2D eigenvalue weighted by Crippen LogP contribution is 2.43. The van der Waals surface area contributed by atoms with Gasteiger partial charge in [0.15, 0.2) is 5.79 Å². The van der Waals surface area contributed by atoms with Gasteiger partial charge in [-0.3, -0.25) is 0 Å². The summed E-state index contributed by atoms with van der Waals surface area (Å²) in [5.74, 6) is -0.456. The van der Waals surface area contributed by atoms with Crippen molar-refractivity contribution in [3.63, 3.8) is 0 Å². The molecule has 2 saturated heterocycles. The van der Waals surface area contributed by atoms with Gasteiger partial charge in [0.05, 0.1) is 38.6 Å². The summed E-state index contributed by atoms with van der Waals surface area (Å²) in [4.78, 5) is 0. The van der Waals surface area contributed by atoms with E-state index in [4.69, 9.17) is 18.9 Å². The van der Waals surface area contributed by atoms with Gasteiger partial charge in [-0.05, 0) is 18.4 Å². The van der Waals surface area contributed by atoms with E-state index in [0.717, 1.165) is 25.7 Å². The second kappa shape index (κ2) is 7.09. The second-order valence-corrected chi connectivity index (χ2v) is 6.24. The van der Waals surface area contributed by atoms with Crippen molar-refractivity contribution in [3.05, 3.63) is 35.9 Å². The first kappa shape index (κ1) is 15.9. The SMILES string of the molecule is CCC1(COCc2ccccc2)CCC2(CCOCCO2)O1. The van der Waals surface area contributed by atoms with Crippen molar-refractivity contribution in [1.82, 2.24) is 0 Å². The van der Waals surface area contributed by atoms with Gasteiger partial charge in [0, 0.05) is 12.8 Å². The van der Waals surface area contributed by atoms with Gasteiger partial charge < -0.3 is 18.9 Å². The zero-order chi connectivity index (χ0) is 15.3. The molecule has 2 unspecified atom stereocenters. The van der Waals surface area contributed by atoms with Gasteiger partial charge in [-0.2, -0.15) is 0 Å². The van der Waals surface area contributed by atoms with Crippen LogP contribution in [0.25, 0.3) is 0 Å². The Bertz CT molecular complexity index is 453. The van der Waals surface area contributed by atoms with E-state index in [0.29, 0.717) is 33.0 Å². The highest BCUT2D eigenvalue weighted by atomic mass is 16.7. The van der Waals surface area contributed by atoms with Crippen LogP contribution in [0, 0.1) is 0 Å². The molecule has 2 aliphatic heterocycles. The average molecular weight is 306 g/mol. The fourth-order valence-electron chi connectivity index (χ4n) is 3.26. The Morgan fingerprint density at radius 1 is 1.05 bits per heavy atom. The van der Waals surface area contributed by atoms with Crippen LogP contribution in [0.3, 0.4) is 0 Å². The van der Waals surface area contributed by atoms with Crippen LogP contribution in [-0.2, 0) is 25.6 Å². The highest BCUT2D eigenvalue weighted by Gasteiger charge is 2.49. The van der Waals surface area contributed by atoms with Gasteiger partial charge in [-0.15, -0.1) is 0 Å². The number of ether oxygens (including phenoxy) is 4. The lowest BCUT2D eigenvalue weighted by Gasteiger charge is -2.33. The molecular formula is C18H26O4. The van der Waals surface area contributed by atoms with E-state index in [1.54, 1.807) is 0 Å². The van der Waals surface area contributed by atoms with Gasteiger partial charge in [-0.25, -0.2) is 0 Å². The summed E-state index contributed by atoms with van der Waals surface area (Å²) in [7, 11) is 0. The Morgan fingerprint density at radius 2 is 1.91 bits per heavy atom. The highest BCUT2D eigenvalue weighted by molar-refractivity contribution is 5.13. The summed E-state index contributed by atoms with van der Waals surface area (Å²) in [5.41, 5.74) is 0.972. The Hall–Kier alpha value is -0.940. The van der Waals surface area contributed by atoms with E-state index < -0.39 is 5.79 Å². The third kappa shape index (κ3) is 3.69. The van der Waals surface area contributed by atoms with E-state index in [2.05, 4.69) is 19.1 Å². The maximum absolute atomic E-state index is 6.42. The van der Waals surface area contributed by atoms with Gasteiger partial charge >= 0.3 is 0 Å². The minimum Gasteiger partial charge on any atom is -0.379 e. The largest absolute Gasteiger partial charge is 0.379 e. The Labute approximate surface area is 132 Å². The lowest BCUT2D eigenvalue weighted by atomic mass is 9.97. The van der Waals surface area contributed by atoms with Gasteiger partial charge in [0.1, 0.15) is 0 Å². The van der Waals surface area contributed by atoms with E-state index in [9.17, 15) is 0 Å². The number of rotatable bonds is 5. The first-order valence-corrected chi connectivity index (χ1v) is 8.29. The number of hydrogen-bond donors (Lipinski definition) is 0. The normalized spacial score (nSPS) is 32.2. The standard InChI is InChI=1S/C18H26O4/c1-2-17(15-20-14-16-6-4-3-5-7-16)8-9-18(22-17)10-11-19-12-13-21-18/h3-7H,2,8-15H2,1H3. The van der Waals surface area contributed by atoms with Gasteiger partial charge in [0.25, 0.3) is 0 Å². The summed E-state index contributed by atoms with van der Waals surface area (Å²) < 4.78 is 23.8. The molecule has 4 nitrogen and oxygen atoms in total. The zero-order valence-corrected chi connectivity index (χ0v) is 13.4. The van der Waals surface area contributed by atoms with Gasteiger partial charge in [-0.1, -0.05) is 37.3 Å². The van der Waals surface area contributed by atoms with Crippen LogP contribution >= 0.6 is 0 Å². The van der Waals surface area contributed by atoms with E-state index in [1.807, 2.05) is 18.2 Å². The zero-order valence-electron chi connectivity index (χ0n) is 13.4. The van der Waals surface area contributed by atoms with Crippen LogP contribution < -0.4 is 0 Å². The number of hydrogen-bond acceptors (Lipinski definition) is 4. The molecule has 0 aromatic heterocycles. The minimum atomic E-state index is -0.456. The predicted molar refractivity (Wildman–Crippen MR) is 83.6 cm³/mol. The van der Waals surface area contributed by atoms with Crippen molar-refractivity contribution in [3.8, 4) is 0 Å². The fraction of sp³-hybridized carbons (Fsp3) is 0.667. The van der Waals surface area contributed by atoms with E-state index >= 15 is 0 Å². The van der Waals surface area contributed by atoms with Crippen molar-refractivity contribution < 1.29 is 18.9 Å². The lowest BCUT2D eigenvalue weighted by Crippen LogP contribution is -2.40. The molecule has 0 saturated carbocycles. The molecule has 1 aromatic rings.